The Balaban J connectivity index is 1.91. The van der Waals surface area contributed by atoms with Crippen molar-refractivity contribution in [3.05, 3.63) is 69.9 Å². The van der Waals surface area contributed by atoms with Crippen LogP contribution in [0.25, 0.3) is 11.4 Å². The van der Waals surface area contributed by atoms with Crippen molar-refractivity contribution in [1.29, 1.82) is 0 Å². The average Bonchev–Trinajstić information content (AvgIpc) is 2.64. The largest absolute Gasteiger partial charge is 0.341 e. The molecule has 0 saturated heterocycles. The number of halogens is 1. The van der Waals surface area contributed by atoms with Crippen LogP contribution in [0.5, 0.6) is 0 Å². The van der Waals surface area contributed by atoms with E-state index >= 15 is 0 Å². The van der Waals surface area contributed by atoms with E-state index < -0.39 is 11.9 Å². The van der Waals surface area contributed by atoms with Crippen LogP contribution in [0.4, 0.5) is 0 Å². The van der Waals surface area contributed by atoms with Crippen molar-refractivity contribution < 1.29 is 4.79 Å². The molecule has 3 aromatic rings. The number of carbonyl (C=O) groups is 1. The molecule has 1 amide bonds. The number of nitrogens with zero attached hydrogens (tertiary/aromatic N) is 5. The fraction of sp³-hybridized carbons (Fsp3) is 0.176. The minimum absolute atomic E-state index is 0.182. The Kier molecular flexibility index (Phi) is 5.04. The van der Waals surface area contributed by atoms with Crippen LogP contribution in [0.15, 0.2) is 47.8 Å². The molecule has 0 spiro atoms. The first kappa shape index (κ1) is 17.7. The topological polar surface area (TPSA) is 103 Å². The van der Waals surface area contributed by atoms with Crippen LogP contribution in [0.1, 0.15) is 29.3 Å². The van der Waals surface area contributed by atoms with Gasteiger partial charge in [-0.15, -0.1) is 0 Å². The molecule has 0 fully saturated rings. The summed E-state index contributed by atoms with van der Waals surface area (Å²) < 4.78 is 1.38. The molecular formula is C17H15ClN6O2. The molecule has 3 aromatic heterocycles. The van der Waals surface area contributed by atoms with Gasteiger partial charge in [0.25, 0.3) is 11.5 Å². The lowest BCUT2D eigenvalue weighted by atomic mass is 10.2. The molecule has 3 rings (SSSR count). The van der Waals surface area contributed by atoms with Crippen LogP contribution in [-0.2, 0) is 7.05 Å². The first-order chi connectivity index (χ1) is 12.5. The number of nitrogens with one attached hydrogen (secondary N) is 1. The Labute approximate surface area is 153 Å². The number of hydrogen-bond acceptors (Lipinski definition) is 6. The maximum absolute atomic E-state index is 12.4. The first-order valence-corrected chi connectivity index (χ1v) is 8.10. The summed E-state index contributed by atoms with van der Waals surface area (Å²) in [6.45, 7) is 1.73. The fourth-order valence-corrected chi connectivity index (χ4v) is 2.54. The molecule has 0 aliphatic carbocycles. The van der Waals surface area contributed by atoms with Gasteiger partial charge in [-0.3, -0.25) is 19.1 Å². The van der Waals surface area contributed by atoms with Gasteiger partial charge in [-0.2, -0.15) is 0 Å². The van der Waals surface area contributed by atoms with Crippen LogP contribution < -0.4 is 10.9 Å². The van der Waals surface area contributed by atoms with Gasteiger partial charge in [0.1, 0.15) is 17.8 Å². The van der Waals surface area contributed by atoms with E-state index in [2.05, 4.69) is 25.3 Å². The predicted octanol–water partition coefficient (Wildman–Crippen LogP) is 1.78. The van der Waals surface area contributed by atoms with Gasteiger partial charge in [-0.05, 0) is 25.1 Å². The predicted molar refractivity (Wildman–Crippen MR) is 95.6 cm³/mol. The van der Waals surface area contributed by atoms with Crippen LogP contribution in [0, 0.1) is 0 Å². The smallest absolute Gasteiger partial charge is 0.270 e. The van der Waals surface area contributed by atoms with E-state index in [-0.39, 0.29) is 11.3 Å². The summed E-state index contributed by atoms with van der Waals surface area (Å²) in [6, 6.07) is 5.55. The van der Waals surface area contributed by atoms with E-state index in [1.165, 1.54) is 29.2 Å². The van der Waals surface area contributed by atoms with Gasteiger partial charge in [-0.25, -0.2) is 15.0 Å². The molecule has 0 aliphatic heterocycles. The average molecular weight is 371 g/mol. The summed E-state index contributed by atoms with van der Waals surface area (Å²) >= 11 is 5.89. The summed E-state index contributed by atoms with van der Waals surface area (Å²) in [5.74, 6) is -0.0248. The molecule has 0 saturated carbocycles. The fourth-order valence-electron chi connectivity index (χ4n) is 2.38. The van der Waals surface area contributed by atoms with E-state index in [4.69, 9.17) is 11.6 Å². The van der Waals surface area contributed by atoms with E-state index in [0.717, 1.165) is 0 Å². The van der Waals surface area contributed by atoms with E-state index in [9.17, 15) is 9.59 Å². The molecule has 8 nitrogen and oxygen atoms in total. The molecular weight excluding hydrogens is 356 g/mol. The molecule has 0 aliphatic rings. The van der Waals surface area contributed by atoms with Crippen molar-refractivity contribution in [1.82, 2.24) is 29.8 Å². The molecule has 0 aromatic carbocycles. The highest BCUT2D eigenvalue weighted by molar-refractivity contribution is 6.30. The second-order valence-corrected chi connectivity index (χ2v) is 5.98. The van der Waals surface area contributed by atoms with Gasteiger partial charge in [0.15, 0.2) is 0 Å². The molecule has 0 bridgehead atoms. The standard InChI is InChI=1S/C17H15ClN6O2/c1-10(22-17(26)14-7-11(18)3-6-20-14)16-23-13(8-15(25)24(16)2)12-4-5-19-9-21-12/h3-10H,1-2H3,(H,22,26). The summed E-state index contributed by atoms with van der Waals surface area (Å²) in [5.41, 5.74) is 0.855. The summed E-state index contributed by atoms with van der Waals surface area (Å²) in [7, 11) is 1.59. The molecule has 1 unspecified atom stereocenters. The molecule has 132 valence electrons. The van der Waals surface area contributed by atoms with Crippen molar-refractivity contribution in [3.8, 4) is 11.4 Å². The highest BCUT2D eigenvalue weighted by Gasteiger charge is 2.18. The van der Waals surface area contributed by atoms with Gasteiger partial charge in [0.2, 0.25) is 0 Å². The van der Waals surface area contributed by atoms with Gasteiger partial charge >= 0.3 is 0 Å². The van der Waals surface area contributed by atoms with Crippen LogP contribution in [0.3, 0.4) is 0 Å². The van der Waals surface area contributed by atoms with Gasteiger partial charge in [-0.1, -0.05) is 11.6 Å². The number of hydrogen-bond donors (Lipinski definition) is 1. The minimum Gasteiger partial charge on any atom is -0.341 e. The lowest BCUT2D eigenvalue weighted by Crippen LogP contribution is -2.33. The van der Waals surface area contributed by atoms with Gasteiger partial charge in [0.05, 0.1) is 17.4 Å². The van der Waals surface area contributed by atoms with Gasteiger partial charge < -0.3 is 5.32 Å². The molecule has 3 heterocycles. The zero-order chi connectivity index (χ0) is 18.7. The Hall–Kier alpha value is -3.13. The highest BCUT2D eigenvalue weighted by Crippen LogP contribution is 2.15. The molecule has 9 heteroatoms. The highest BCUT2D eigenvalue weighted by atomic mass is 35.5. The van der Waals surface area contributed by atoms with Crippen LogP contribution >= 0.6 is 11.6 Å². The second kappa shape index (κ2) is 7.40. The lowest BCUT2D eigenvalue weighted by molar-refractivity contribution is 0.0932. The lowest BCUT2D eigenvalue weighted by Gasteiger charge is -2.17. The van der Waals surface area contributed by atoms with Crippen molar-refractivity contribution in [2.45, 2.75) is 13.0 Å². The second-order valence-electron chi connectivity index (χ2n) is 5.55. The third-order valence-corrected chi connectivity index (χ3v) is 3.94. The number of amides is 1. The van der Waals surface area contributed by atoms with Crippen molar-refractivity contribution >= 4 is 17.5 Å². The third kappa shape index (κ3) is 3.75. The van der Waals surface area contributed by atoms with Crippen LogP contribution in [-0.4, -0.2) is 30.4 Å². The normalized spacial score (nSPS) is 11.8. The maximum Gasteiger partial charge on any atom is 0.270 e. The monoisotopic (exact) mass is 370 g/mol. The third-order valence-electron chi connectivity index (χ3n) is 3.70. The van der Waals surface area contributed by atoms with Crippen LogP contribution in [0.2, 0.25) is 5.02 Å². The Morgan fingerprint density at radius 1 is 1.19 bits per heavy atom. The van der Waals surface area contributed by atoms with E-state index in [1.807, 2.05) is 0 Å². The van der Waals surface area contributed by atoms with Crippen molar-refractivity contribution in [3.63, 3.8) is 0 Å². The summed E-state index contributed by atoms with van der Waals surface area (Å²) in [6.07, 6.45) is 4.40. The molecule has 1 N–H and O–H groups in total. The SMILES string of the molecule is CC(NC(=O)c1cc(Cl)ccn1)c1nc(-c2ccncn2)cc(=O)n1C. The zero-order valence-corrected chi connectivity index (χ0v) is 14.8. The number of aromatic nitrogens is 5. The molecule has 1 atom stereocenters. The zero-order valence-electron chi connectivity index (χ0n) is 14.0. The summed E-state index contributed by atoms with van der Waals surface area (Å²) in [4.78, 5) is 41.1. The molecule has 26 heavy (non-hydrogen) atoms. The quantitative estimate of drug-likeness (QED) is 0.750. The minimum atomic E-state index is -0.539. The van der Waals surface area contributed by atoms with Crippen molar-refractivity contribution in [2.75, 3.05) is 0 Å². The van der Waals surface area contributed by atoms with E-state index in [0.29, 0.717) is 22.2 Å². The van der Waals surface area contributed by atoms with Crippen molar-refractivity contribution in [2.24, 2.45) is 7.05 Å². The Bertz CT molecular complexity index is 1010. The Morgan fingerprint density at radius 3 is 2.69 bits per heavy atom. The molecule has 0 radical (unpaired) electrons. The number of rotatable bonds is 4. The maximum atomic E-state index is 12.4. The number of pyridine rings is 1. The Morgan fingerprint density at radius 2 is 2.00 bits per heavy atom. The van der Waals surface area contributed by atoms with E-state index in [1.54, 1.807) is 32.3 Å². The first-order valence-electron chi connectivity index (χ1n) is 7.72. The van der Waals surface area contributed by atoms with Gasteiger partial charge in [0, 0.05) is 30.5 Å². The number of carbonyl (C=O) groups excluding carboxylic acids is 1. The summed E-state index contributed by atoms with van der Waals surface area (Å²) in [5, 5.41) is 3.18.